The van der Waals surface area contributed by atoms with Crippen molar-refractivity contribution < 1.29 is 9.13 Å². The highest BCUT2D eigenvalue weighted by Gasteiger charge is 2.26. The Bertz CT molecular complexity index is 644. The second-order valence-electron chi connectivity index (χ2n) is 5.16. The van der Waals surface area contributed by atoms with Crippen molar-refractivity contribution in [2.24, 2.45) is 0 Å². The number of rotatable bonds is 5. The van der Waals surface area contributed by atoms with Crippen LogP contribution in [0.15, 0.2) is 12.1 Å². The number of hydrogen-bond donors (Lipinski definition) is 1. The zero-order valence-corrected chi connectivity index (χ0v) is 13.0. The van der Waals surface area contributed by atoms with Crippen LogP contribution >= 0.6 is 11.3 Å². The van der Waals surface area contributed by atoms with E-state index < -0.39 is 0 Å². The van der Waals surface area contributed by atoms with Crippen LogP contribution in [0.1, 0.15) is 33.6 Å². The maximum atomic E-state index is 14.2. The van der Waals surface area contributed by atoms with E-state index >= 15 is 0 Å². The minimum atomic E-state index is -0.209. The summed E-state index contributed by atoms with van der Waals surface area (Å²) >= 11 is 1.62. The van der Waals surface area contributed by atoms with Crippen LogP contribution in [0.2, 0.25) is 0 Å². The lowest BCUT2D eigenvalue weighted by atomic mass is 10.1. The molecule has 1 atom stereocenters. The van der Waals surface area contributed by atoms with E-state index in [4.69, 9.17) is 4.74 Å². The topological polar surface area (TPSA) is 47.0 Å². The minimum Gasteiger partial charge on any atom is -0.494 e. The van der Waals surface area contributed by atoms with Crippen LogP contribution in [0.3, 0.4) is 0 Å². The third-order valence-corrected chi connectivity index (χ3v) is 4.72. The Hall–Kier alpha value is -1.53. The molecule has 0 spiro atoms. The van der Waals surface area contributed by atoms with Crippen molar-refractivity contribution in [3.8, 4) is 5.75 Å². The third kappa shape index (κ3) is 2.91. The molecule has 1 heterocycles. The van der Waals surface area contributed by atoms with Crippen molar-refractivity contribution in [3.05, 3.63) is 39.1 Å². The molecule has 0 bridgehead atoms. The molecule has 1 unspecified atom stereocenters. The molecule has 1 aromatic carbocycles. The summed E-state index contributed by atoms with van der Waals surface area (Å²) in [5.41, 5.74) is 1.85. The van der Waals surface area contributed by atoms with Crippen molar-refractivity contribution in [1.82, 2.24) is 15.5 Å². The van der Waals surface area contributed by atoms with Crippen molar-refractivity contribution in [2.75, 3.05) is 13.7 Å². The highest BCUT2D eigenvalue weighted by atomic mass is 32.1. The number of nitrogens with one attached hydrogen (secondary N) is 1. The van der Waals surface area contributed by atoms with Crippen LogP contribution in [-0.4, -0.2) is 23.9 Å². The van der Waals surface area contributed by atoms with Gasteiger partial charge in [-0.15, -0.1) is 21.5 Å². The first-order valence-corrected chi connectivity index (χ1v) is 7.88. The number of methoxy groups -OCH3 is 1. The van der Waals surface area contributed by atoms with E-state index in [1.54, 1.807) is 17.4 Å². The normalized spacial score (nSPS) is 17.0. The van der Waals surface area contributed by atoms with E-state index in [9.17, 15) is 4.39 Å². The van der Waals surface area contributed by atoms with Gasteiger partial charge in [-0.1, -0.05) is 6.07 Å². The third-order valence-electron chi connectivity index (χ3n) is 3.82. The maximum Gasteiger partial charge on any atom is 0.168 e. The summed E-state index contributed by atoms with van der Waals surface area (Å²) in [7, 11) is 1.50. The Morgan fingerprint density at radius 3 is 3.00 bits per heavy atom. The summed E-state index contributed by atoms with van der Waals surface area (Å²) in [5, 5.41) is 13.6. The largest absolute Gasteiger partial charge is 0.494 e. The van der Waals surface area contributed by atoms with Crippen LogP contribution in [0.5, 0.6) is 5.75 Å². The Kier molecular flexibility index (Phi) is 4.17. The Morgan fingerprint density at radius 2 is 2.29 bits per heavy atom. The molecule has 2 aromatic rings. The van der Waals surface area contributed by atoms with Gasteiger partial charge in [-0.3, -0.25) is 0 Å². The van der Waals surface area contributed by atoms with E-state index in [1.165, 1.54) is 7.11 Å². The lowest BCUT2D eigenvalue weighted by molar-refractivity contribution is 0.384. The highest BCUT2D eigenvalue weighted by molar-refractivity contribution is 7.11. The molecule has 112 valence electrons. The molecular formula is C15H18FN3OS. The van der Waals surface area contributed by atoms with Gasteiger partial charge in [0.05, 0.1) is 7.11 Å². The summed E-state index contributed by atoms with van der Waals surface area (Å²) in [6, 6.07) is 3.90. The van der Waals surface area contributed by atoms with Crippen molar-refractivity contribution in [1.29, 1.82) is 0 Å². The molecule has 0 radical (unpaired) electrons. The summed E-state index contributed by atoms with van der Waals surface area (Å²) in [4.78, 5) is 0. The fraction of sp³-hybridized carbons (Fsp3) is 0.467. The molecule has 0 saturated carbocycles. The first kappa shape index (κ1) is 14.4. The van der Waals surface area contributed by atoms with Crippen molar-refractivity contribution >= 4 is 11.3 Å². The van der Waals surface area contributed by atoms with E-state index in [0.717, 1.165) is 46.9 Å². The van der Waals surface area contributed by atoms with E-state index in [2.05, 4.69) is 15.5 Å². The second kappa shape index (κ2) is 6.07. The predicted molar refractivity (Wildman–Crippen MR) is 80.4 cm³/mol. The lowest BCUT2D eigenvalue weighted by Crippen LogP contribution is -2.22. The molecule has 1 aromatic heterocycles. The standard InChI is InChI=1S/C15H18FN3OS/c1-9-18-19-14(21-9)7-8-17-12-5-3-11-10(12)4-6-13(20-2)15(11)16/h4,6,12,17H,3,5,7-8H2,1-2H3. The number of hydrogen-bond acceptors (Lipinski definition) is 5. The molecule has 3 rings (SSSR count). The molecule has 0 amide bonds. The van der Waals surface area contributed by atoms with Gasteiger partial charge in [-0.25, -0.2) is 4.39 Å². The predicted octanol–water partition coefficient (Wildman–Crippen LogP) is 2.81. The average Bonchev–Trinajstić information content (AvgIpc) is 3.07. The van der Waals surface area contributed by atoms with Gasteiger partial charge in [0.1, 0.15) is 10.0 Å². The lowest BCUT2D eigenvalue weighted by Gasteiger charge is -2.14. The Morgan fingerprint density at radius 1 is 1.43 bits per heavy atom. The molecular weight excluding hydrogens is 289 g/mol. The zero-order valence-electron chi connectivity index (χ0n) is 12.1. The number of aromatic nitrogens is 2. The molecule has 21 heavy (non-hydrogen) atoms. The van der Waals surface area contributed by atoms with Crippen LogP contribution < -0.4 is 10.1 Å². The average molecular weight is 307 g/mol. The van der Waals surface area contributed by atoms with E-state index in [0.29, 0.717) is 5.75 Å². The first-order valence-electron chi connectivity index (χ1n) is 7.06. The smallest absolute Gasteiger partial charge is 0.168 e. The highest BCUT2D eigenvalue weighted by Crippen LogP contribution is 2.36. The minimum absolute atomic E-state index is 0.209. The molecule has 0 aliphatic heterocycles. The van der Waals surface area contributed by atoms with Gasteiger partial charge in [0.15, 0.2) is 11.6 Å². The monoisotopic (exact) mass is 307 g/mol. The van der Waals surface area contributed by atoms with Crippen LogP contribution in [0, 0.1) is 12.7 Å². The molecule has 6 heteroatoms. The number of ether oxygens (including phenoxy) is 1. The summed E-state index contributed by atoms with van der Waals surface area (Å²) in [6.45, 7) is 2.78. The molecule has 1 N–H and O–H groups in total. The SMILES string of the molecule is COc1ccc2c(c1F)CCC2NCCc1nnc(C)s1. The summed E-state index contributed by atoms with van der Waals surface area (Å²) < 4.78 is 19.2. The van der Waals surface area contributed by atoms with Crippen molar-refractivity contribution in [2.45, 2.75) is 32.2 Å². The Balaban J connectivity index is 1.63. The number of fused-ring (bicyclic) bond motifs is 1. The van der Waals surface area contributed by atoms with Gasteiger partial charge in [0.25, 0.3) is 0 Å². The first-order chi connectivity index (χ1) is 10.2. The number of nitrogens with zero attached hydrogens (tertiary/aromatic N) is 2. The number of benzene rings is 1. The summed E-state index contributed by atoms with van der Waals surface area (Å²) in [6.07, 6.45) is 2.54. The van der Waals surface area contributed by atoms with Crippen LogP contribution in [-0.2, 0) is 12.8 Å². The van der Waals surface area contributed by atoms with Gasteiger partial charge < -0.3 is 10.1 Å². The fourth-order valence-electron chi connectivity index (χ4n) is 2.80. The van der Waals surface area contributed by atoms with Gasteiger partial charge in [-0.2, -0.15) is 0 Å². The van der Waals surface area contributed by atoms with Gasteiger partial charge in [-0.05, 0) is 37.0 Å². The molecule has 1 aliphatic rings. The van der Waals surface area contributed by atoms with Crippen molar-refractivity contribution in [3.63, 3.8) is 0 Å². The zero-order chi connectivity index (χ0) is 14.8. The molecule has 0 fully saturated rings. The summed E-state index contributed by atoms with van der Waals surface area (Å²) in [5.74, 6) is 0.123. The van der Waals surface area contributed by atoms with Gasteiger partial charge in [0, 0.05) is 19.0 Å². The molecule has 0 saturated heterocycles. The second-order valence-corrected chi connectivity index (χ2v) is 6.43. The molecule has 4 nitrogen and oxygen atoms in total. The van der Waals surface area contributed by atoms with Crippen LogP contribution in [0.4, 0.5) is 4.39 Å². The van der Waals surface area contributed by atoms with E-state index in [-0.39, 0.29) is 11.9 Å². The number of halogens is 1. The van der Waals surface area contributed by atoms with Gasteiger partial charge in [0.2, 0.25) is 0 Å². The molecule has 1 aliphatic carbocycles. The van der Waals surface area contributed by atoms with Crippen LogP contribution in [0.25, 0.3) is 0 Å². The quantitative estimate of drug-likeness (QED) is 0.923. The van der Waals surface area contributed by atoms with E-state index in [1.807, 2.05) is 13.0 Å². The fourth-order valence-corrected chi connectivity index (χ4v) is 3.51. The maximum absolute atomic E-state index is 14.2. The van der Waals surface area contributed by atoms with Gasteiger partial charge >= 0.3 is 0 Å². The number of aryl methyl sites for hydroxylation is 1. The Labute approximate surface area is 127 Å².